The summed E-state index contributed by atoms with van der Waals surface area (Å²) in [7, 11) is 0. The minimum Gasteiger partial charge on any atom is -0.338 e. The Bertz CT molecular complexity index is 835. The first-order valence-electron chi connectivity index (χ1n) is 7.17. The minimum atomic E-state index is 0.174. The summed E-state index contributed by atoms with van der Waals surface area (Å²) in [6, 6.07) is 14.4. The summed E-state index contributed by atoms with van der Waals surface area (Å²) in [4.78, 5) is 12.1. The summed E-state index contributed by atoms with van der Waals surface area (Å²) < 4.78 is 0. The van der Waals surface area contributed by atoms with Crippen LogP contribution < -0.4 is 5.32 Å². The topological polar surface area (TPSA) is 57.8 Å². The lowest BCUT2D eigenvalue weighted by Gasteiger charge is -2.11. The number of anilines is 2. The molecule has 1 aliphatic rings. The predicted octanol–water partition coefficient (Wildman–Crippen LogP) is 3.83. The van der Waals surface area contributed by atoms with Gasteiger partial charge >= 0.3 is 0 Å². The third-order valence-corrected chi connectivity index (χ3v) is 3.96. The van der Waals surface area contributed by atoms with Gasteiger partial charge in [-0.15, -0.1) is 0 Å². The van der Waals surface area contributed by atoms with Crippen molar-refractivity contribution in [3.63, 3.8) is 0 Å². The van der Waals surface area contributed by atoms with E-state index in [9.17, 15) is 4.79 Å². The number of ketones is 1. The van der Waals surface area contributed by atoms with Crippen molar-refractivity contribution >= 4 is 28.1 Å². The molecule has 2 N–H and O–H groups in total. The predicted molar refractivity (Wildman–Crippen MR) is 83.1 cm³/mol. The highest BCUT2D eigenvalue weighted by Gasteiger charge is 2.23. The van der Waals surface area contributed by atoms with Crippen LogP contribution in [0.2, 0.25) is 0 Å². The van der Waals surface area contributed by atoms with Crippen LogP contribution >= 0.6 is 0 Å². The summed E-state index contributed by atoms with van der Waals surface area (Å²) in [5, 5.41) is 12.9. The number of aryl methyl sites for hydroxylation is 1. The molecule has 0 spiro atoms. The molecule has 3 aromatic rings. The van der Waals surface area contributed by atoms with Gasteiger partial charge in [0.2, 0.25) is 0 Å². The standard InChI is InChI=1S/C17H15N3O/c21-15-7-3-6-14-16(15)17(20-19-14)18-13-9-8-11-4-1-2-5-12(11)10-13/h1-2,4-5,8-10H,3,6-7H2,(H2,18,19,20). The summed E-state index contributed by atoms with van der Waals surface area (Å²) in [6.07, 6.45) is 2.41. The second-order valence-corrected chi connectivity index (χ2v) is 5.39. The highest BCUT2D eigenvalue weighted by atomic mass is 16.1. The number of fused-ring (bicyclic) bond motifs is 2. The molecule has 1 aromatic heterocycles. The van der Waals surface area contributed by atoms with E-state index in [2.05, 4.69) is 39.8 Å². The number of nitrogens with one attached hydrogen (secondary N) is 2. The molecule has 0 saturated carbocycles. The van der Waals surface area contributed by atoms with Crippen LogP contribution in [-0.2, 0) is 6.42 Å². The number of aromatic amines is 1. The van der Waals surface area contributed by atoms with E-state index in [1.54, 1.807) is 0 Å². The zero-order valence-corrected chi connectivity index (χ0v) is 11.5. The van der Waals surface area contributed by atoms with E-state index in [1.165, 1.54) is 10.8 Å². The number of hydrogen-bond donors (Lipinski definition) is 2. The Labute approximate surface area is 122 Å². The van der Waals surface area contributed by atoms with Crippen LogP contribution in [0.25, 0.3) is 10.8 Å². The van der Waals surface area contributed by atoms with Gasteiger partial charge in [0.25, 0.3) is 0 Å². The van der Waals surface area contributed by atoms with Gasteiger partial charge in [0.15, 0.2) is 11.6 Å². The monoisotopic (exact) mass is 277 g/mol. The Hall–Kier alpha value is -2.62. The molecule has 1 heterocycles. The number of rotatable bonds is 2. The third kappa shape index (κ3) is 2.09. The van der Waals surface area contributed by atoms with E-state index >= 15 is 0 Å². The molecular weight excluding hydrogens is 262 g/mol. The van der Waals surface area contributed by atoms with Gasteiger partial charge in [0, 0.05) is 17.8 Å². The van der Waals surface area contributed by atoms with Gasteiger partial charge in [-0.2, -0.15) is 5.10 Å². The first-order valence-corrected chi connectivity index (χ1v) is 7.17. The van der Waals surface area contributed by atoms with E-state index in [0.29, 0.717) is 12.2 Å². The van der Waals surface area contributed by atoms with Crippen molar-refractivity contribution in [2.45, 2.75) is 19.3 Å². The molecule has 104 valence electrons. The van der Waals surface area contributed by atoms with Gasteiger partial charge in [-0.1, -0.05) is 30.3 Å². The van der Waals surface area contributed by atoms with Crippen LogP contribution in [-0.4, -0.2) is 16.0 Å². The smallest absolute Gasteiger partial charge is 0.168 e. The van der Waals surface area contributed by atoms with E-state index in [-0.39, 0.29) is 5.78 Å². The molecule has 0 amide bonds. The lowest BCUT2D eigenvalue weighted by atomic mass is 9.96. The van der Waals surface area contributed by atoms with Crippen molar-refractivity contribution in [2.24, 2.45) is 0 Å². The normalized spacial score (nSPS) is 14.2. The zero-order valence-electron chi connectivity index (χ0n) is 11.5. The molecule has 4 nitrogen and oxygen atoms in total. The third-order valence-electron chi connectivity index (χ3n) is 3.96. The molecule has 0 atom stereocenters. The van der Waals surface area contributed by atoms with Crippen LogP contribution in [0.4, 0.5) is 11.5 Å². The van der Waals surface area contributed by atoms with Gasteiger partial charge in [-0.05, 0) is 35.7 Å². The van der Waals surface area contributed by atoms with E-state index in [1.807, 2.05) is 18.2 Å². The Kier molecular flexibility index (Phi) is 2.74. The van der Waals surface area contributed by atoms with Crippen LogP contribution in [0.1, 0.15) is 28.9 Å². The maximum absolute atomic E-state index is 12.1. The molecule has 0 aliphatic heterocycles. The van der Waals surface area contributed by atoms with Crippen LogP contribution in [0, 0.1) is 0 Å². The molecular formula is C17H15N3O. The van der Waals surface area contributed by atoms with Crippen molar-refractivity contribution in [1.82, 2.24) is 10.2 Å². The van der Waals surface area contributed by atoms with Crippen LogP contribution in [0.3, 0.4) is 0 Å². The molecule has 0 unspecified atom stereocenters. The number of carbonyl (C=O) groups is 1. The van der Waals surface area contributed by atoms with Gasteiger partial charge in [0.1, 0.15) is 0 Å². The molecule has 0 saturated heterocycles. The molecule has 1 aliphatic carbocycles. The highest BCUT2D eigenvalue weighted by molar-refractivity contribution is 6.03. The molecule has 4 heteroatoms. The SMILES string of the molecule is O=C1CCCc2[nH]nc(Nc3ccc4ccccc4c3)c21. The number of benzene rings is 2. The van der Waals surface area contributed by atoms with Crippen LogP contribution in [0.5, 0.6) is 0 Å². The summed E-state index contributed by atoms with van der Waals surface area (Å²) in [5.74, 6) is 0.818. The molecule has 0 radical (unpaired) electrons. The van der Waals surface area contributed by atoms with Gasteiger partial charge in [-0.3, -0.25) is 9.89 Å². The largest absolute Gasteiger partial charge is 0.338 e. The lowest BCUT2D eigenvalue weighted by Crippen LogP contribution is -2.10. The number of aromatic nitrogens is 2. The number of hydrogen-bond acceptors (Lipinski definition) is 3. The molecule has 0 bridgehead atoms. The number of carbonyl (C=O) groups excluding carboxylic acids is 1. The first kappa shape index (κ1) is 12.1. The maximum Gasteiger partial charge on any atom is 0.168 e. The number of Topliss-reactive ketones (excluding diaryl/α,β-unsaturated/α-hetero) is 1. The van der Waals surface area contributed by atoms with Crippen molar-refractivity contribution < 1.29 is 4.79 Å². The summed E-state index contributed by atoms with van der Waals surface area (Å²) >= 11 is 0. The number of nitrogens with zero attached hydrogens (tertiary/aromatic N) is 1. The maximum atomic E-state index is 12.1. The number of H-pyrrole nitrogens is 1. The molecule has 4 rings (SSSR count). The van der Waals surface area contributed by atoms with Gasteiger partial charge < -0.3 is 5.32 Å². The highest BCUT2D eigenvalue weighted by Crippen LogP contribution is 2.28. The van der Waals surface area contributed by atoms with Crippen molar-refractivity contribution in [3.05, 3.63) is 53.7 Å². The fourth-order valence-corrected chi connectivity index (χ4v) is 2.90. The zero-order chi connectivity index (χ0) is 14.2. The van der Waals surface area contributed by atoms with Crippen molar-refractivity contribution in [2.75, 3.05) is 5.32 Å². The lowest BCUT2D eigenvalue weighted by molar-refractivity contribution is 0.0973. The Balaban J connectivity index is 1.72. The fourth-order valence-electron chi connectivity index (χ4n) is 2.90. The van der Waals surface area contributed by atoms with Crippen molar-refractivity contribution in [3.8, 4) is 0 Å². The Morgan fingerprint density at radius 3 is 2.81 bits per heavy atom. The van der Waals surface area contributed by atoms with E-state index in [0.717, 1.165) is 29.8 Å². The Morgan fingerprint density at radius 1 is 1.05 bits per heavy atom. The first-order chi connectivity index (χ1) is 10.3. The summed E-state index contributed by atoms with van der Waals surface area (Å²) in [6.45, 7) is 0. The quantitative estimate of drug-likeness (QED) is 0.748. The van der Waals surface area contributed by atoms with Crippen LogP contribution in [0.15, 0.2) is 42.5 Å². The minimum absolute atomic E-state index is 0.174. The average molecular weight is 277 g/mol. The second-order valence-electron chi connectivity index (χ2n) is 5.39. The van der Waals surface area contributed by atoms with Gasteiger partial charge in [0.05, 0.1) is 5.56 Å². The molecule has 2 aromatic carbocycles. The van der Waals surface area contributed by atoms with E-state index in [4.69, 9.17) is 0 Å². The summed E-state index contributed by atoms with van der Waals surface area (Å²) in [5.41, 5.74) is 2.63. The average Bonchev–Trinajstić information content (AvgIpc) is 2.92. The van der Waals surface area contributed by atoms with E-state index < -0.39 is 0 Å². The van der Waals surface area contributed by atoms with Crippen molar-refractivity contribution in [1.29, 1.82) is 0 Å². The molecule has 21 heavy (non-hydrogen) atoms. The fraction of sp³-hybridized carbons (Fsp3) is 0.176. The molecule has 0 fully saturated rings. The Morgan fingerprint density at radius 2 is 1.90 bits per heavy atom. The van der Waals surface area contributed by atoms with Gasteiger partial charge in [-0.25, -0.2) is 0 Å². The second kappa shape index (κ2) is 4.74.